The van der Waals surface area contributed by atoms with Gasteiger partial charge in [0.1, 0.15) is 11.6 Å². The quantitative estimate of drug-likeness (QED) is 0.324. The van der Waals surface area contributed by atoms with Gasteiger partial charge in [0.15, 0.2) is 5.78 Å². The molecule has 1 heterocycles. The molecule has 3 rings (SSSR count). The van der Waals surface area contributed by atoms with Gasteiger partial charge in [-0.3, -0.25) is 4.79 Å². The number of nitrogens with one attached hydrogen (secondary N) is 2. The number of pyridine rings is 1. The molecule has 0 bridgehead atoms. The van der Waals surface area contributed by atoms with Crippen LogP contribution in [0.4, 0.5) is 11.5 Å². The Balaban J connectivity index is 1.85. The largest absolute Gasteiger partial charge is 0.393 e. The van der Waals surface area contributed by atoms with Crippen molar-refractivity contribution < 1.29 is 9.90 Å². The van der Waals surface area contributed by atoms with Crippen molar-refractivity contribution in [3.63, 3.8) is 0 Å². The maximum Gasteiger partial charge on any atom is 0.160 e. The Morgan fingerprint density at radius 2 is 1.91 bits per heavy atom. The molecule has 0 radical (unpaired) electrons. The van der Waals surface area contributed by atoms with E-state index in [9.17, 15) is 9.90 Å². The van der Waals surface area contributed by atoms with Crippen LogP contribution in [0.25, 0.3) is 10.9 Å². The maximum atomic E-state index is 12.3. The van der Waals surface area contributed by atoms with Crippen molar-refractivity contribution in [3.8, 4) is 0 Å². The van der Waals surface area contributed by atoms with E-state index in [0.717, 1.165) is 40.6 Å². The molecule has 32 heavy (non-hydrogen) atoms. The summed E-state index contributed by atoms with van der Waals surface area (Å²) in [6.07, 6.45) is 1.87. The lowest BCUT2D eigenvalue weighted by Crippen LogP contribution is -2.16. The standard InChI is InChI=1S/C27H33N3O2/c1-6-10-21(32)15-18(3)27-23(19(4)31)12-9-14-25(27)28-20(5)29-26-16-17(2)22-11-7-8-13-24(22)30-26/h7-9,11-14,16,18,21,28,32H,5-6,10,15H2,1-4H3,(H,29,30). The van der Waals surface area contributed by atoms with E-state index in [1.807, 2.05) is 42.5 Å². The molecular weight excluding hydrogens is 398 g/mol. The summed E-state index contributed by atoms with van der Waals surface area (Å²) in [5, 5.41) is 18.0. The molecule has 0 spiro atoms. The van der Waals surface area contributed by atoms with Gasteiger partial charge in [-0.1, -0.05) is 57.2 Å². The second-order valence-electron chi connectivity index (χ2n) is 8.47. The van der Waals surface area contributed by atoms with Crippen molar-refractivity contribution in [2.24, 2.45) is 0 Å². The second kappa shape index (κ2) is 10.4. The Labute approximate surface area is 190 Å². The SMILES string of the molecule is C=C(Nc1cc(C)c2ccccc2n1)Nc1cccc(C(C)=O)c1C(C)CC(O)CCC. The lowest BCUT2D eigenvalue weighted by atomic mass is 9.87. The number of carbonyl (C=O) groups excluding carboxylic acids is 1. The first-order valence-corrected chi connectivity index (χ1v) is 11.2. The van der Waals surface area contributed by atoms with Crippen LogP contribution in [0.1, 0.15) is 67.4 Å². The van der Waals surface area contributed by atoms with Gasteiger partial charge in [0.25, 0.3) is 0 Å². The molecule has 5 heteroatoms. The van der Waals surface area contributed by atoms with Gasteiger partial charge in [0.2, 0.25) is 0 Å². The number of benzene rings is 2. The molecule has 2 aromatic carbocycles. The highest BCUT2D eigenvalue weighted by Crippen LogP contribution is 2.33. The fourth-order valence-corrected chi connectivity index (χ4v) is 4.25. The van der Waals surface area contributed by atoms with E-state index in [0.29, 0.717) is 23.6 Å². The van der Waals surface area contributed by atoms with Gasteiger partial charge in [-0.15, -0.1) is 0 Å². The van der Waals surface area contributed by atoms with Crippen LogP contribution in [-0.2, 0) is 0 Å². The number of anilines is 2. The summed E-state index contributed by atoms with van der Waals surface area (Å²) in [4.78, 5) is 17.0. The number of ketones is 1. The van der Waals surface area contributed by atoms with E-state index < -0.39 is 6.10 Å². The van der Waals surface area contributed by atoms with Crippen molar-refractivity contribution in [1.82, 2.24) is 4.98 Å². The number of hydrogen-bond donors (Lipinski definition) is 3. The molecule has 0 aliphatic heterocycles. The zero-order valence-corrected chi connectivity index (χ0v) is 19.4. The van der Waals surface area contributed by atoms with Crippen molar-refractivity contribution in [2.75, 3.05) is 10.6 Å². The number of Topliss-reactive ketones (excluding diaryl/α,β-unsaturated/α-hetero) is 1. The summed E-state index contributed by atoms with van der Waals surface area (Å²) >= 11 is 0. The van der Waals surface area contributed by atoms with Gasteiger partial charge in [-0.2, -0.15) is 0 Å². The molecule has 2 unspecified atom stereocenters. The summed E-state index contributed by atoms with van der Waals surface area (Å²) in [6, 6.07) is 15.7. The minimum absolute atomic E-state index is 0.00544. The molecule has 3 aromatic rings. The Morgan fingerprint density at radius 3 is 2.62 bits per heavy atom. The van der Waals surface area contributed by atoms with Crippen LogP contribution in [0, 0.1) is 6.92 Å². The Bertz CT molecular complexity index is 1120. The van der Waals surface area contributed by atoms with Gasteiger partial charge in [0, 0.05) is 16.6 Å². The molecule has 2 atom stereocenters. The first kappa shape index (κ1) is 23.5. The number of para-hydroxylation sites is 1. The van der Waals surface area contributed by atoms with E-state index in [2.05, 4.69) is 49.0 Å². The Hall–Kier alpha value is -3.18. The summed E-state index contributed by atoms with van der Waals surface area (Å²) in [5.41, 5.74) is 4.42. The molecule has 0 fully saturated rings. The van der Waals surface area contributed by atoms with E-state index >= 15 is 0 Å². The molecule has 5 nitrogen and oxygen atoms in total. The van der Waals surface area contributed by atoms with Crippen LogP contribution in [-0.4, -0.2) is 22.0 Å². The van der Waals surface area contributed by atoms with Gasteiger partial charge in [-0.05, 0) is 61.9 Å². The van der Waals surface area contributed by atoms with Gasteiger partial charge < -0.3 is 15.7 Å². The minimum Gasteiger partial charge on any atom is -0.393 e. The van der Waals surface area contributed by atoms with Crippen LogP contribution in [0.2, 0.25) is 0 Å². The summed E-state index contributed by atoms with van der Waals surface area (Å²) in [5.74, 6) is 1.28. The van der Waals surface area contributed by atoms with Gasteiger partial charge in [0.05, 0.1) is 11.6 Å². The summed E-state index contributed by atoms with van der Waals surface area (Å²) in [7, 11) is 0. The zero-order chi connectivity index (χ0) is 23.3. The van der Waals surface area contributed by atoms with Crippen molar-refractivity contribution >= 4 is 28.2 Å². The normalized spacial score (nSPS) is 12.9. The highest BCUT2D eigenvalue weighted by atomic mass is 16.3. The number of carbonyl (C=O) groups is 1. The average molecular weight is 432 g/mol. The maximum absolute atomic E-state index is 12.3. The molecule has 0 saturated heterocycles. The van der Waals surface area contributed by atoms with Crippen molar-refractivity contribution in [2.45, 2.75) is 59.0 Å². The Kier molecular flexibility index (Phi) is 7.65. The summed E-state index contributed by atoms with van der Waals surface area (Å²) < 4.78 is 0. The van der Waals surface area contributed by atoms with E-state index in [1.54, 1.807) is 6.92 Å². The lowest BCUT2D eigenvalue weighted by molar-refractivity contribution is 0.101. The molecule has 0 aliphatic carbocycles. The number of fused-ring (bicyclic) bond motifs is 1. The van der Waals surface area contributed by atoms with Crippen LogP contribution < -0.4 is 10.6 Å². The molecule has 3 N–H and O–H groups in total. The van der Waals surface area contributed by atoms with E-state index in [4.69, 9.17) is 0 Å². The number of nitrogens with zero attached hydrogens (tertiary/aromatic N) is 1. The number of aromatic nitrogens is 1. The number of rotatable bonds is 10. The highest BCUT2D eigenvalue weighted by molar-refractivity contribution is 5.97. The number of aliphatic hydroxyl groups excluding tert-OH is 1. The predicted molar refractivity (Wildman–Crippen MR) is 133 cm³/mol. The number of aryl methyl sites for hydroxylation is 1. The fourth-order valence-electron chi connectivity index (χ4n) is 4.25. The van der Waals surface area contributed by atoms with Gasteiger partial charge >= 0.3 is 0 Å². The third-order valence-corrected chi connectivity index (χ3v) is 5.71. The third kappa shape index (κ3) is 5.54. The summed E-state index contributed by atoms with van der Waals surface area (Å²) in [6.45, 7) is 11.9. The smallest absolute Gasteiger partial charge is 0.160 e. The highest BCUT2D eigenvalue weighted by Gasteiger charge is 2.21. The molecule has 0 saturated carbocycles. The predicted octanol–water partition coefficient (Wildman–Crippen LogP) is 6.40. The monoisotopic (exact) mass is 431 g/mol. The zero-order valence-electron chi connectivity index (χ0n) is 19.4. The van der Waals surface area contributed by atoms with E-state index in [1.165, 1.54) is 0 Å². The number of aliphatic hydroxyl groups is 1. The first-order valence-electron chi connectivity index (χ1n) is 11.2. The fraction of sp³-hybridized carbons (Fsp3) is 0.333. The molecule has 0 aliphatic rings. The van der Waals surface area contributed by atoms with Crippen molar-refractivity contribution in [1.29, 1.82) is 0 Å². The molecule has 168 valence electrons. The van der Waals surface area contributed by atoms with Crippen LogP contribution >= 0.6 is 0 Å². The van der Waals surface area contributed by atoms with Gasteiger partial charge in [-0.25, -0.2) is 4.98 Å². The average Bonchev–Trinajstić information content (AvgIpc) is 2.73. The van der Waals surface area contributed by atoms with E-state index in [-0.39, 0.29) is 11.7 Å². The lowest BCUT2D eigenvalue weighted by Gasteiger charge is -2.23. The topological polar surface area (TPSA) is 74.2 Å². The van der Waals surface area contributed by atoms with Crippen LogP contribution in [0.5, 0.6) is 0 Å². The first-order chi connectivity index (χ1) is 15.3. The Morgan fingerprint density at radius 1 is 1.16 bits per heavy atom. The second-order valence-corrected chi connectivity index (χ2v) is 8.47. The van der Waals surface area contributed by atoms with Crippen LogP contribution in [0.3, 0.4) is 0 Å². The number of hydrogen-bond acceptors (Lipinski definition) is 5. The van der Waals surface area contributed by atoms with Crippen molar-refractivity contribution in [3.05, 3.63) is 77.6 Å². The molecule has 1 aromatic heterocycles. The third-order valence-electron chi connectivity index (χ3n) is 5.71. The minimum atomic E-state index is -0.394. The molecular formula is C27H33N3O2. The van der Waals surface area contributed by atoms with Crippen LogP contribution in [0.15, 0.2) is 60.9 Å². The molecule has 0 amide bonds.